The van der Waals surface area contributed by atoms with Gasteiger partial charge in [0.2, 0.25) is 0 Å². The second-order valence-corrected chi connectivity index (χ2v) is 9.05. The maximum absolute atomic E-state index is 12.9. The molecule has 2 heterocycles. The summed E-state index contributed by atoms with van der Waals surface area (Å²) >= 11 is 12.2. The molecular weight excluding hydrogens is 457 g/mol. The van der Waals surface area contributed by atoms with Crippen molar-refractivity contribution in [1.82, 2.24) is 14.9 Å². The summed E-state index contributed by atoms with van der Waals surface area (Å²) < 4.78 is 0. The third-order valence-electron chi connectivity index (χ3n) is 5.78. The van der Waals surface area contributed by atoms with E-state index < -0.39 is 0 Å². The van der Waals surface area contributed by atoms with E-state index in [2.05, 4.69) is 39.5 Å². The number of aryl methyl sites for hydroxylation is 2. The smallest absolute Gasteiger partial charge is 0.321 e. The molecule has 2 aromatic carbocycles. The first-order valence-electron chi connectivity index (χ1n) is 11.0. The molecular formula is C25H27Cl2N5O. The minimum atomic E-state index is -0.166. The van der Waals surface area contributed by atoms with Gasteiger partial charge in [0.1, 0.15) is 11.6 Å². The van der Waals surface area contributed by atoms with Crippen LogP contribution in [0.25, 0.3) is 0 Å². The first-order valence-corrected chi connectivity index (χ1v) is 11.8. The Morgan fingerprint density at radius 2 is 1.79 bits per heavy atom. The minimum absolute atomic E-state index is 0.166. The van der Waals surface area contributed by atoms with Gasteiger partial charge in [0.05, 0.1) is 10.7 Å². The molecule has 6 nitrogen and oxygen atoms in total. The Morgan fingerprint density at radius 3 is 2.55 bits per heavy atom. The molecule has 0 atom stereocenters. The van der Waals surface area contributed by atoms with Gasteiger partial charge < -0.3 is 15.1 Å². The number of amides is 2. The van der Waals surface area contributed by atoms with Crippen LogP contribution in [0.2, 0.25) is 10.0 Å². The standard InChI is InChI=1S/C25H27Cl2N5O/c1-17-21(15-19-7-4-3-5-8-19)24(29-18(2)28-17)31-11-6-12-32(14-13-31)25(33)30-23-10-9-20(26)16-22(23)27/h3-5,7-10,16H,6,11-15H2,1-2H3,(H,30,33). The van der Waals surface area contributed by atoms with Crippen LogP contribution >= 0.6 is 23.2 Å². The molecule has 172 valence electrons. The van der Waals surface area contributed by atoms with Crippen molar-refractivity contribution in [1.29, 1.82) is 0 Å². The minimum Gasteiger partial charge on any atom is -0.354 e. The summed E-state index contributed by atoms with van der Waals surface area (Å²) in [4.78, 5) is 26.4. The van der Waals surface area contributed by atoms with Crippen LogP contribution in [0.15, 0.2) is 48.5 Å². The Morgan fingerprint density at radius 1 is 1.00 bits per heavy atom. The summed E-state index contributed by atoms with van der Waals surface area (Å²) in [5.41, 5.74) is 3.92. The van der Waals surface area contributed by atoms with Gasteiger partial charge in [-0.15, -0.1) is 0 Å². The van der Waals surface area contributed by atoms with Gasteiger partial charge in [-0.05, 0) is 44.0 Å². The van der Waals surface area contributed by atoms with Crippen LogP contribution < -0.4 is 10.2 Å². The largest absolute Gasteiger partial charge is 0.354 e. The maximum Gasteiger partial charge on any atom is 0.321 e. The van der Waals surface area contributed by atoms with Crippen LogP contribution in [0.1, 0.15) is 29.1 Å². The summed E-state index contributed by atoms with van der Waals surface area (Å²) in [6.45, 7) is 6.73. The van der Waals surface area contributed by atoms with E-state index in [1.54, 1.807) is 18.2 Å². The number of carbonyl (C=O) groups excluding carboxylic acids is 1. The van der Waals surface area contributed by atoms with Gasteiger partial charge in [-0.2, -0.15) is 0 Å². The van der Waals surface area contributed by atoms with Crippen LogP contribution in [-0.2, 0) is 6.42 Å². The lowest BCUT2D eigenvalue weighted by atomic mass is 10.0. The number of halogens is 2. The number of rotatable bonds is 4. The van der Waals surface area contributed by atoms with Crippen molar-refractivity contribution in [2.45, 2.75) is 26.7 Å². The Kier molecular flexibility index (Phi) is 7.36. The number of nitrogens with one attached hydrogen (secondary N) is 1. The van der Waals surface area contributed by atoms with E-state index in [-0.39, 0.29) is 6.03 Å². The molecule has 0 saturated carbocycles. The average molecular weight is 484 g/mol. The fourth-order valence-electron chi connectivity index (χ4n) is 4.10. The molecule has 0 radical (unpaired) electrons. The highest BCUT2D eigenvalue weighted by Crippen LogP contribution is 2.27. The molecule has 3 aromatic rings. The molecule has 2 amide bonds. The number of hydrogen-bond donors (Lipinski definition) is 1. The monoisotopic (exact) mass is 483 g/mol. The predicted molar refractivity (Wildman–Crippen MR) is 135 cm³/mol. The van der Waals surface area contributed by atoms with Gasteiger partial charge >= 0.3 is 6.03 Å². The Bertz CT molecular complexity index is 1140. The Labute approximate surface area is 204 Å². The van der Waals surface area contributed by atoms with Crippen molar-refractivity contribution in [2.75, 3.05) is 36.4 Å². The Balaban J connectivity index is 1.50. The van der Waals surface area contributed by atoms with Crippen molar-refractivity contribution in [3.63, 3.8) is 0 Å². The highest BCUT2D eigenvalue weighted by molar-refractivity contribution is 6.36. The first kappa shape index (κ1) is 23.3. The molecule has 8 heteroatoms. The van der Waals surface area contributed by atoms with Gasteiger partial charge in [-0.1, -0.05) is 53.5 Å². The topological polar surface area (TPSA) is 61.4 Å². The third-order valence-corrected chi connectivity index (χ3v) is 6.33. The van der Waals surface area contributed by atoms with Gasteiger partial charge in [0.25, 0.3) is 0 Å². The highest BCUT2D eigenvalue weighted by Gasteiger charge is 2.23. The zero-order valence-electron chi connectivity index (χ0n) is 18.8. The van der Waals surface area contributed by atoms with E-state index >= 15 is 0 Å². The average Bonchev–Trinajstić information content (AvgIpc) is 3.04. The molecule has 1 N–H and O–H groups in total. The van der Waals surface area contributed by atoms with E-state index in [4.69, 9.17) is 28.2 Å². The van der Waals surface area contributed by atoms with Crippen LogP contribution in [0.4, 0.5) is 16.3 Å². The molecule has 4 rings (SSSR count). The maximum atomic E-state index is 12.9. The second-order valence-electron chi connectivity index (χ2n) is 8.20. The molecule has 0 spiro atoms. The molecule has 1 fully saturated rings. The van der Waals surface area contributed by atoms with Crippen LogP contribution in [0.5, 0.6) is 0 Å². The van der Waals surface area contributed by atoms with Crippen LogP contribution in [0.3, 0.4) is 0 Å². The van der Waals surface area contributed by atoms with Crippen molar-refractivity contribution in [3.05, 3.63) is 81.2 Å². The molecule has 1 saturated heterocycles. The van der Waals surface area contributed by atoms with Crippen molar-refractivity contribution >= 4 is 40.7 Å². The van der Waals surface area contributed by atoms with E-state index in [1.807, 2.05) is 24.8 Å². The number of nitrogens with zero attached hydrogens (tertiary/aromatic N) is 4. The molecule has 0 unspecified atom stereocenters. The van der Waals surface area contributed by atoms with Crippen LogP contribution in [0, 0.1) is 13.8 Å². The number of hydrogen-bond acceptors (Lipinski definition) is 4. The lowest BCUT2D eigenvalue weighted by molar-refractivity contribution is 0.215. The highest BCUT2D eigenvalue weighted by atomic mass is 35.5. The molecule has 0 aliphatic carbocycles. The number of aromatic nitrogens is 2. The fourth-order valence-corrected chi connectivity index (χ4v) is 4.56. The molecule has 1 aromatic heterocycles. The molecule has 33 heavy (non-hydrogen) atoms. The lowest BCUT2D eigenvalue weighted by Crippen LogP contribution is -2.38. The van der Waals surface area contributed by atoms with Gasteiger partial charge in [-0.3, -0.25) is 0 Å². The fraction of sp³-hybridized carbons (Fsp3) is 0.320. The zero-order valence-corrected chi connectivity index (χ0v) is 20.3. The second kappa shape index (κ2) is 10.4. The number of carbonyl (C=O) groups is 1. The van der Waals surface area contributed by atoms with Crippen molar-refractivity contribution < 1.29 is 4.79 Å². The quantitative estimate of drug-likeness (QED) is 0.514. The predicted octanol–water partition coefficient (Wildman–Crippen LogP) is 5.74. The number of anilines is 2. The lowest BCUT2D eigenvalue weighted by Gasteiger charge is -2.26. The Hall–Kier alpha value is -2.83. The first-order chi connectivity index (χ1) is 15.9. The third kappa shape index (κ3) is 5.75. The van der Waals surface area contributed by atoms with Crippen molar-refractivity contribution in [3.8, 4) is 0 Å². The number of benzene rings is 2. The van der Waals surface area contributed by atoms with Crippen molar-refractivity contribution in [2.24, 2.45) is 0 Å². The number of urea groups is 1. The van der Waals surface area contributed by atoms with E-state index in [1.165, 1.54) is 5.56 Å². The van der Waals surface area contributed by atoms with E-state index in [0.717, 1.165) is 42.3 Å². The van der Waals surface area contributed by atoms with E-state index in [9.17, 15) is 4.79 Å². The van der Waals surface area contributed by atoms with Gasteiger partial charge in [0.15, 0.2) is 0 Å². The summed E-state index contributed by atoms with van der Waals surface area (Å²) in [7, 11) is 0. The van der Waals surface area contributed by atoms with Gasteiger partial charge in [-0.25, -0.2) is 14.8 Å². The normalized spacial score (nSPS) is 14.2. The molecule has 1 aliphatic rings. The van der Waals surface area contributed by atoms with Crippen LogP contribution in [-0.4, -0.2) is 47.1 Å². The van der Waals surface area contributed by atoms with E-state index in [0.29, 0.717) is 35.4 Å². The summed E-state index contributed by atoms with van der Waals surface area (Å²) in [5.74, 6) is 1.72. The molecule has 1 aliphatic heterocycles. The summed E-state index contributed by atoms with van der Waals surface area (Å²) in [6.07, 6.45) is 1.62. The summed E-state index contributed by atoms with van der Waals surface area (Å²) in [6, 6.07) is 15.3. The summed E-state index contributed by atoms with van der Waals surface area (Å²) in [5, 5.41) is 3.86. The van der Waals surface area contributed by atoms with Gasteiger partial charge in [0, 0.05) is 48.9 Å². The zero-order chi connectivity index (χ0) is 23.4. The SMILES string of the molecule is Cc1nc(C)c(Cc2ccccc2)c(N2CCCN(C(=O)Nc3ccc(Cl)cc3Cl)CC2)n1. The molecule has 0 bridgehead atoms.